The maximum atomic E-state index is 12.3. The van der Waals surface area contributed by atoms with Crippen molar-refractivity contribution in [2.24, 2.45) is 5.10 Å². The first-order valence-corrected chi connectivity index (χ1v) is 9.60. The molecule has 0 fully saturated rings. The van der Waals surface area contributed by atoms with Crippen LogP contribution in [0.2, 0.25) is 0 Å². The minimum atomic E-state index is -0.305. The van der Waals surface area contributed by atoms with E-state index in [0.29, 0.717) is 30.3 Å². The topological polar surface area (TPSA) is 59.9 Å². The Balaban J connectivity index is 1.54. The number of benzene rings is 3. The van der Waals surface area contributed by atoms with Crippen molar-refractivity contribution in [3.05, 3.63) is 108 Å². The lowest BCUT2D eigenvalue weighted by atomic mass is 10.2. The van der Waals surface area contributed by atoms with Crippen LogP contribution in [0.5, 0.6) is 11.5 Å². The van der Waals surface area contributed by atoms with Crippen molar-refractivity contribution in [1.82, 2.24) is 5.43 Å². The molecule has 0 aliphatic rings. The lowest BCUT2D eigenvalue weighted by molar-refractivity contribution is 0.0955. The zero-order valence-electron chi connectivity index (χ0n) is 16.9. The van der Waals surface area contributed by atoms with Crippen LogP contribution in [-0.2, 0) is 6.61 Å². The predicted octanol–water partition coefficient (Wildman–Crippen LogP) is 4.90. The monoisotopic (exact) mass is 400 g/mol. The Hall–Kier alpha value is -3.86. The molecule has 0 unspecified atom stereocenters. The van der Waals surface area contributed by atoms with E-state index >= 15 is 0 Å². The van der Waals surface area contributed by atoms with Gasteiger partial charge in [-0.3, -0.25) is 4.79 Å². The van der Waals surface area contributed by atoms with Crippen molar-refractivity contribution in [3.63, 3.8) is 0 Å². The van der Waals surface area contributed by atoms with Crippen molar-refractivity contribution >= 4 is 12.1 Å². The largest absolute Gasteiger partial charge is 0.489 e. The summed E-state index contributed by atoms with van der Waals surface area (Å²) in [5.41, 5.74) is 6.09. The minimum absolute atomic E-state index is 0.305. The van der Waals surface area contributed by atoms with Crippen molar-refractivity contribution in [1.29, 1.82) is 0 Å². The van der Waals surface area contributed by atoms with Crippen LogP contribution < -0.4 is 14.9 Å². The summed E-state index contributed by atoms with van der Waals surface area (Å²) in [6.45, 7) is 6.56. The average molecular weight is 400 g/mol. The van der Waals surface area contributed by atoms with E-state index in [-0.39, 0.29) is 5.91 Å². The SMILES string of the molecule is C=CCOc1ccccc1/C=N/NC(=O)c1ccc(OCc2ccc(C)cc2)cc1. The molecule has 5 nitrogen and oxygen atoms in total. The van der Waals surface area contributed by atoms with Gasteiger partial charge in [-0.25, -0.2) is 5.43 Å². The summed E-state index contributed by atoms with van der Waals surface area (Å²) >= 11 is 0. The molecule has 30 heavy (non-hydrogen) atoms. The lowest BCUT2D eigenvalue weighted by Gasteiger charge is -2.08. The fourth-order valence-corrected chi connectivity index (χ4v) is 2.65. The van der Waals surface area contributed by atoms with E-state index in [1.54, 1.807) is 36.6 Å². The van der Waals surface area contributed by atoms with Gasteiger partial charge in [0.05, 0.1) is 6.21 Å². The second-order valence-electron chi connectivity index (χ2n) is 6.64. The van der Waals surface area contributed by atoms with Crippen molar-refractivity contribution in [2.45, 2.75) is 13.5 Å². The number of para-hydroxylation sites is 1. The van der Waals surface area contributed by atoms with E-state index in [1.807, 2.05) is 43.3 Å². The third-order valence-corrected chi connectivity index (χ3v) is 4.29. The molecule has 5 heteroatoms. The molecule has 0 spiro atoms. The molecule has 152 valence electrons. The van der Waals surface area contributed by atoms with Crippen LogP contribution in [-0.4, -0.2) is 18.7 Å². The third kappa shape index (κ3) is 6.07. The summed E-state index contributed by atoms with van der Waals surface area (Å²) < 4.78 is 11.3. The van der Waals surface area contributed by atoms with Crippen LogP contribution in [0.1, 0.15) is 27.0 Å². The summed E-state index contributed by atoms with van der Waals surface area (Å²) in [5, 5.41) is 4.03. The molecule has 0 atom stereocenters. The predicted molar refractivity (Wildman–Crippen MR) is 119 cm³/mol. The Morgan fingerprint density at radius 3 is 2.47 bits per heavy atom. The van der Waals surface area contributed by atoms with E-state index < -0.39 is 0 Å². The van der Waals surface area contributed by atoms with E-state index in [4.69, 9.17) is 9.47 Å². The smallest absolute Gasteiger partial charge is 0.271 e. The summed E-state index contributed by atoms with van der Waals surface area (Å²) in [6.07, 6.45) is 3.22. The Bertz CT molecular complexity index is 1010. The number of hydrogen-bond donors (Lipinski definition) is 1. The van der Waals surface area contributed by atoms with Crippen molar-refractivity contribution in [3.8, 4) is 11.5 Å². The summed E-state index contributed by atoms with van der Waals surface area (Å²) in [5.74, 6) is 1.07. The molecule has 0 aromatic heterocycles. The van der Waals surface area contributed by atoms with Gasteiger partial charge in [0.25, 0.3) is 5.91 Å². The van der Waals surface area contributed by atoms with E-state index in [0.717, 1.165) is 11.1 Å². The van der Waals surface area contributed by atoms with E-state index in [2.05, 4.69) is 29.2 Å². The minimum Gasteiger partial charge on any atom is -0.489 e. The zero-order chi connectivity index (χ0) is 21.2. The third-order valence-electron chi connectivity index (χ3n) is 4.29. The van der Waals surface area contributed by atoms with Gasteiger partial charge in [-0.2, -0.15) is 5.10 Å². The molecule has 0 saturated carbocycles. The molecule has 0 heterocycles. The van der Waals surface area contributed by atoms with Crippen LogP contribution >= 0.6 is 0 Å². The van der Waals surface area contributed by atoms with Crippen LogP contribution in [0.25, 0.3) is 0 Å². The first kappa shape index (κ1) is 20.9. The standard InChI is InChI=1S/C25H24N2O3/c1-3-16-29-24-7-5-4-6-22(24)17-26-27-25(28)21-12-14-23(15-13-21)30-18-20-10-8-19(2)9-11-20/h3-15,17H,1,16,18H2,2H3,(H,27,28)/b26-17+. The van der Waals surface area contributed by atoms with Gasteiger partial charge in [-0.15, -0.1) is 0 Å². The van der Waals surface area contributed by atoms with Gasteiger partial charge < -0.3 is 9.47 Å². The summed E-state index contributed by atoms with van der Waals surface area (Å²) in [7, 11) is 0. The number of carbonyl (C=O) groups excluding carboxylic acids is 1. The summed E-state index contributed by atoms with van der Waals surface area (Å²) in [4.78, 5) is 12.3. The molecule has 0 bridgehead atoms. The molecular weight excluding hydrogens is 376 g/mol. The molecule has 3 rings (SSSR count). The molecule has 3 aromatic rings. The lowest BCUT2D eigenvalue weighted by Crippen LogP contribution is -2.17. The maximum Gasteiger partial charge on any atom is 0.271 e. The Kier molecular flexibility index (Phi) is 7.39. The molecule has 0 radical (unpaired) electrons. The normalized spacial score (nSPS) is 10.6. The van der Waals surface area contributed by atoms with Gasteiger partial charge in [-0.05, 0) is 48.9 Å². The average Bonchev–Trinajstić information content (AvgIpc) is 2.78. The second kappa shape index (κ2) is 10.6. The van der Waals surface area contributed by atoms with Crippen LogP contribution in [0.3, 0.4) is 0 Å². The molecule has 0 aliphatic carbocycles. The quantitative estimate of drug-likeness (QED) is 0.316. The number of amides is 1. The highest BCUT2D eigenvalue weighted by molar-refractivity contribution is 5.95. The number of aryl methyl sites for hydroxylation is 1. The van der Waals surface area contributed by atoms with Gasteiger partial charge in [0, 0.05) is 11.1 Å². The second-order valence-corrected chi connectivity index (χ2v) is 6.64. The number of hydrazone groups is 1. The van der Waals surface area contributed by atoms with Crippen LogP contribution in [0, 0.1) is 6.92 Å². The number of nitrogens with one attached hydrogen (secondary N) is 1. The fraction of sp³-hybridized carbons (Fsp3) is 0.120. The van der Waals surface area contributed by atoms with Crippen LogP contribution in [0.4, 0.5) is 0 Å². The van der Waals surface area contributed by atoms with Crippen molar-refractivity contribution < 1.29 is 14.3 Å². The maximum absolute atomic E-state index is 12.3. The van der Waals surface area contributed by atoms with Gasteiger partial charge in [0.15, 0.2) is 0 Å². The van der Waals surface area contributed by atoms with Gasteiger partial charge >= 0.3 is 0 Å². The first-order chi connectivity index (χ1) is 14.7. The Labute approximate surface area is 176 Å². The highest BCUT2D eigenvalue weighted by Crippen LogP contribution is 2.16. The van der Waals surface area contributed by atoms with E-state index in [1.165, 1.54) is 5.56 Å². The molecule has 1 N–H and O–H groups in total. The highest BCUT2D eigenvalue weighted by atomic mass is 16.5. The molecule has 0 aliphatic heterocycles. The van der Waals surface area contributed by atoms with Crippen molar-refractivity contribution in [2.75, 3.05) is 6.61 Å². The number of rotatable bonds is 9. The fourth-order valence-electron chi connectivity index (χ4n) is 2.65. The molecule has 0 saturated heterocycles. The van der Waals surface area contributed by atoms with Gasteiger partial charge in [0.1, 0.15) is 24.7 Å². The number of nitrogens with zero attached hydrogens (tertiary/aromatic N) is 1. The van der Waals surface area contributed by atoms with E-state index in [9.17, 15) is 4.79 Å². The summed E-state index contributed by atoms with van der Waals surface area (Å²) in [6, 6.07) is 22.6. The van der Waals surface area contributed by atoms with Gasteiger partial charge in [0.2, 0.25) is 0 Å². The first-order valence-electron chi connectivity index (χ1n) is 9.60. The van der Waals surface area contributed by atoms with Crippen LogP contribution in [0.15, 0.2) is 90.6 Å². The molecule has 3 aromatic carbocycles. The van der Waals surface area contributed by atoms with Gasteiger partial charge in [-0.1, -0.05) is 54.6 Å². The number of hydrogen-bond acceptors (Lipinski definition) is 4. The molecular formula is C25H24N2O3. The number of carbonyl (C=O) groups is 1. The Morgan fingerprint density at radius 1 is 1.00 bits per heavy atom. The highest BCUT2D eigenvalue weighted by Gasteiger charge is 2.05. The Morgan fingerprint density at radius 2 is 1.73 bits per heavy atom. The zero-order valence-corrected chi connectivity index (χ0v) is 16.9. The molecule has 1 amide bonds. The number of ether oxygens (including phenoxy) is 2.